The Morgan fingerprint density at radius 2 is 0.667 bits per heavy atom. The standard InChI is InChI=1S/C30H18N6O12S3/c37-49(38,39)34-16-4-10-19-7-1-13-22(25(19)34)46-28-31-29(47-23-14-2-8-20-11-5-17-35(26(20)23)50(40,41)42)33-30(32-28)48-24-15-3-9-21-12-6-18-36(27(21)24)51(43,44)45/h1-18H/p+3. The largest absolute Gasteiger partial charge is 0.512 e. The second-order valence-electron chi connectivity index (χ2n) is 10.4. The molecule has 0 amide bonds. The Bertz CT molecular complexity index is 2550. The van der Waals surface area contributed by atoms with Gasteiger partial charge in [0, 0.05) is 18.2 Å². The van der Waals surface area contributed by atoms with Gasteiger partial charge in [-0.05, 0) is 54.6 Å². The molecule has 0 radical (unpaired) electrons. The van der Waals surface area contributed by atoms with Crippen molar-refractivity contribution >= 4 is 63.6 Å². The van der Waals surface area contributed by atoms with Gasteiger partial charge in [0.15, 0.2) is 18.6 Å². The van der Waals surface area contributed by atoms with Crippen LogP contribution in [0.25, 0.3) is 32.7 Å². The Morgan fingerprint density at radius 3 is 0.922 bits per heavy atom. The summed E-state index contributed by atoms with van der Waals surface area (Å²) in [5.41, 5.74) is -0.335. The zero-order valence-corrected chi connectivity index (χ0v) is 27.8. The van der Waals surface area contributed by atoms with E-state index in [1.807, 2.05) is 0 Å². The maximum Gasteiger partial charge on any atom is 0.512 e. The predicted molar refractivity (Wildman–Crippen MR) is 173 cm³/mol. The number of para-hydroxylation sites is 3. The van der Waals surface area contributed by atoms with Crippen LogP contribution in [0.1, 0.15) is 0 Å². The van der Waals surface area contributed by atoms with E-state index in [0.717, 1.165) is 18.6 Å². The summed E-state index contributed by atoms with van der Waals surface area (Å²) in [6, 6.07) is 20.4. The third-order valence-corrected chi connectivity index (χ3v) is 9.57. The average molecular weight is 754 g/mol. The molecule has 51 heavy (non-hydrogen) atoms. The molecule has 4 heterocycles. The number of fused-ring (bicyclic) bond motifs is 3. The molecule has 3 aromatic carbocycles. The van der Waals surface area contributed by atoms with Crippen LogP contribution in [0.15, 0.2) is 110 Å². The molecule has 258 valence electrons. The summed E-state index contributed by atoms with van der Waals surface area (Å²) in [7, 11) is -14.5. The molecule has 3 N–H and O–H groups in total. The highest BCUT2D eigenvalue weighted by Gasteiger charge is 2.30. The molecule has 4 aromatic heterocycles. The Balaban J connectivity index is 1.41. The van der Waals surface area contributed by atoms with Crippen LogP contribution in [0.4, 0.5) is 0 Å². The van der Waals surface area contributed by atoms with Crippen LogP contribution >= 0.6 is 0 Å². The molecule has 18 nitrogen and oxygen atoms in total. The quantitative estimate of drug-likeness (QED) is 0.142. The van der Waals surface area contributed by atoms with Crippen molar-refractivity contribution in [3.63, 3.8) is 0 Å². The first kappa shape index (κ1) is 33.5. The lowest BCUT2D eigenvalue weighted by molar-refractivity contribution is -0.490. The van der Waals surface area contributed by atoms with Crippen molar-refractivity contribution in [3.8, 4) is 35.3 Å². The van der Waals surface area contributed by atoms with Crippen molar-refractivity contribution in [2.24, 2.45) is 0 Å². The van der Waals surface area contributed by atoms with Crippen LogP contribution in [0.2, 0.25) is 0 Å². The summed E-state index contributed by atoms with van der Waals surface area (Å²) in [6.07, 6.45) is 3.24. The first-order chi connectivity index (χ1) is 24.2. The fourth-order valence-electron chi connectivity index (χ4n) is 5.20. The van der Waals surface area contributed by atoms with E-state index >= 15 is 0 Å². The number of ether oxygens (including phenoxy) is 3. The molecule has 0 atom stereocenters. The monoisotopic (exact) mass is 753 g/mol. The lowest BCUT2D eigenvalue weighted by Gasteiger charge is -2.11. The summed E-state index contributed by atoms with van der Waals surface area (Å²) in [5, 5.41) is 0.974. The van der Waals surface area contributed by atoms with Gasteiger partial charge in [-0.3, -0.25) is 0 Å². The van der Waals surface area contributed by atoms with Gasteiger partial charge in [-0.2, -0.15) is 0 Å². The topological polar surface area (TPSA) is 241 Å². The molecule has 0 aliphatic heterocycles. The first-order valence-electron chi connectivity index (χ1n) is 14.2. The molecule has 0 saturated heterocycles. The number of hydrogen-bond donors (Lipinski definition) is 3. The van der Waals surface area contributed by atoms with Crippen molar-refractivity contribution in [1.29, 1.82) is 0 Å². The third kappa shape index (κ3) is 6.66. The number of rotatable bonds is 9. The van der Waals surface area contributed by atoms with Crippen LogP contribution in [0.3, 0.4) is 0 Å². The highest BCUT2D eigenvalue weighted by atomic mass is 32.2. The molecule has 0 saturated carbocycles. The van der Waals surface area contributed by atoms with Crippen molar-refractivity contribution < 1.29 is 65.0 Å². The van der Waals surface area contributed by atoms with Crippen LogP contribution in [0, 0.1) is 0 Å². The van der Waals surface area contributed by atoms with E-state index in [2.05, 4.69) is 15.0 Å². The van der Waals surface area contributed by atoms with Gasteiger partial charge in [0.2, 0.25) is 17.2 Å². The van der Waals surface area contributed by atoms with Gasteiger partial charge in [-0.15, -0.1) is 40.2 Å². The van der Waals surface area contributed by atoms with Crippen LogP contribution in [-0.2, 0) is 30.9 Å². The summed E-state index contributed by atoms with van der Waals surface area (Å²) in [5.74, 6) is -0.507. The molecular formula is C30H21N6O12S3+3. The lowest BCUT2D eigenvalue weighted by atomic mass is 10.2. The highest BCUT2D eigenvalue weighted by molar-refractivity contribution is 7.79. The molecule has 7 aromatic rings. The normalized spacial score (nSPS) is 12.3. The van der Waals surface area contributed by atoms with Gasteiger partial charge < -0.3 is 14.2 Å². The van der Waals surface area contributed by atoms with Gasteiger partial charge in [-0.25, -0.2) is 13.7 Å². The van der Waals surface area contributed by atoms with E-state index in [-0.39, 0.29) is 33.8 Å². The molecule has 0 aliphatic carbocycles. The summed E-state index contributed by atoms with van der Waals surface area (Å²) in [4.78, 5) is 12.5. The van der Waals surface area contributed by atoms with Crippen LogP contribution in [0.5, 0.6) is 35.3 Å². The number of nitrogens with zero attached hydrogens (tertiary/aromatic N) is 6. The Morgan fingerprint density at radius 1 is 0.412 bits per heavy atom. The van der Waals surface area contributed by atoms with E-state index in [9.17, 15) is 38.9 Å². The highest BCUT2D eigenvalue weighted by Crippen LogP contribution is 2.33. The molecular weight excluding hydrogens is 733 g/mol. The molecule has 0 unspecified atom stereocenters. The minimum atomic E-state index is -4.83. The number of hydrogen-bond acceptors (Lipinski definition) is 12. The van der Waals surface area contributed by atoms with Crippen LogP contribution in [-0.4, -0.2) is 53.9 Å². The zero-order valence-electron chi connectivity index (χ0n) is 25.3. The minimum Gasteiger partial charge on any atom is -0.417 e. The Kier molecular flexibility index (Phi) is 8.16. The van der Waals surface area contributed by atoms with Gasteiger partial charge in [-0.1, -0.05) is 30.1 Å². The molecule has 0 aliphatic rings. The number of pyridine rings is 3. The lowest BCUT2D eigenvalue weighted by Crippen LogP contribution is -2.42. The number of aromatic nitrogens is 6. The molecule has 0 fully saturated rings. The predicted octanol–water partition coefficient (Wildman–Crippen LogP) is 2.52. The second kappa shape index (κ2) is 12.4. The van der Waals surface area contributed by atoms with Crippen molar-refractivity contribution in [2.45, 2.75) is 0 Å². The van der Waals surface area contributed by atoms with E-state index < -0.39 is 48.9 Å². The molecule has 7 rings (SSSR count). The minimum absolute atomic E-state index is 0.112. The second-order valence-corrected chi connectivity index (χ2v) is 14.3. The summed E-state index contributed by atoms with van der Waals surface area (Å²) >= 11 is 0. The molecule has 0 spiro atoms. The van der Waals surface area contributed by atoms with E-state index in [1.165, 1.54) is 54.6 Å². The zero-order chi connectivity index (χ0) is 36.1. The van der Waals surface area contributed by atoms with Crippen molar-refractivity contribution in [1.82, 2.24) is 15.0 Å². The summed E-state index contributed by atoms with van der Waals surface area (Å²) < 4.78 is 123. The molecule has 0 bridgehead atoms. The smallest absolute Gasteiger partial charge is 0.417 e. The molecule has 21 heteroatoms. The van der Waals surface area contributed by atoms with Crippen molar-refractivity contribution in [2.75, 3.05) is 0 Å². The fraction of sp³-hybridized carbons (Fsp3) is 0. The first-order valence-corrected chi connectivity index (χ1v) is 18.4. The number of benzene rings is 3. The van der Waals surface area contributed by atoms with Gasteiger partial charge in [0.05, 0.1) is 16.2 Å². The Hall–Kier alpha value is -5.97. The van der Waals surface area contributed by atoms with Gasteiger partial charge in [0.25, 0.3) is 16.6 Å². The SMILES string of the molecule is O=S(=O)(O)[n+]1cccc2cccc(Oc3nc(Oc4cccc5ccc[n+](S(=O)(=O)O)c45)nc(Oc4cccc5ccc[n+](S(=O)(=O)O)c45)n3)c21. The van der Waals surface area contributed by atoms with Crippen molar-refractivity contribution in [3.05, 3.63) is 110 Å². The Labute approximate surface area is 287 Å². The van der Waals surface area contributed by atoms with Gasteiger partial charge >= 0.3 is 48.9 Å². The average Bonchev–Trinajstić information content (AvgIpc) is 3.06. The van der Waals surface area contributed by atoms with E-state index in [0.29, 0.717) is 28.1 Å². The van der Waals surface area contributed by atoms with Crippen LogP contribution < -0.4 is 26.1 Å². The fourth-order valence-corrected chi connectivity index (χ4v) is 7.15. The third-order valence-electron chi connectivity index (χ3n) is 7.17. The van der Waals surface area contributed by atoms with Gasteiger partial charge in [0.1, 0.15) is 0 Å². The summed E-state index contributed by atoms with van der Waals surface area (Å²) in [6.45, 7) is 0. The van der Waals surface area contributed by atoms with E-state index in [4.69, 9.17) is 14.2 Å². The maximum atomic E-state index is 12.2. The van der Waals surface area contributed by atoms with E-state index in [1.54, 1.807) is 36.4 Å². The maximum absolute atomic E-state index is 12.2.